The number of carbonyl (C=O) groups excluding carboxylic acids is 2. The van der Waals surface area contributed by atoms with Crippen molar-refractivity contribution in [3.8, 4) is 6.07 Å². The molecule has 0 saturated carbocycles. The molecule has 124 valence electrons. The predicted molar refractivity (Wildman–Crippen MR) is 94.8 cm³/mol. The van der Waals surface area contributed by atoms with Crippen LogP contribution in [-0.4, -0.2) is 24.9 Å². The van der Waals surface area contributed by atoms with E-state index in [9.17, 15) is 14.9 Å². The summed E-state index contributed by atoms with van der Waals surface area (Å²) in [5, 5.41) is 9.26. The molecule has 5 heteroatoms. The van der Waals surface area contributed by atoms with Crippen molar-refractivity contribution < 1.29 is 9.59 Å². The zero-order valence-electron chi connectivity index (χ0n) is 13.7. The van der Waals surface area contributed by atoms with E-state index in [1.54, 1.807) is 36.4 Å². The number of benzene rings is 2. The molecule has 0 spiro atoms. The fourth-order valence-electron chi connectivity index (χ4n) is 3.58. The molecule has 25 heavy (non-hydrogen) atoms. The average molecular weight is 331 g/mol. The molecule has 1 saturated heterocycles. The van der Waals surface area contributed by atoms with Crippen molar-refractivity contribution in [1.82, 2.24) is 0 Å². The number of fused-ring (bicyclic) bond motifs is 1. The molecule has 0 aromatic heterocycles. The Hall–Kier alpha value is -3.13. The van der Waals surface area contributed by atoms with Gasteiger partial charge < -0.3 is 4.90 Å². The van der Waals surface area contributed by atoms with E-state index in [0.29, 0.717) is 22.4 Å². The number of hydrogen-bond acceptors (Lipinski definition) is 4. The summed E-state index contributed by atoms with van der Waals surface area (Å²) in [5.41, 5.74) is 2.62. The van der Waals surface area contributed by atoms with Crippen LogP contribution in [0.1, 0.15) is 45.5 Å². The van der Waals surface area contributed by atoms with Crippen LogP contribution in [0.15, 0.2) is 42.5 Å². The lowest BCUT2D eigenvalue weighted by Gasteiger charge is -2.32. The molecule has 2 heterocycles. The van der Waals surface area contributed by atoms with Gasteiger partial charge in [0, 0.05) is 13.1 Å². The van der Waals surface area contributed by atoms with Gasteiger partial charge in [0.1, 0.15) is 0 Å². The lowest BCUT2D eigenvalue weighted by atomic mass is 10.1. The summed E-state index contributed by atoms with van der Waals surface area (Å²) in [6, 6.07) is 14.2. The molecule has 0 unspecified atom stereocenters. The van der Waals surface area contributed by atoms with E-state index in [1.807, 2.05) is 6.07 Å². The fourth-order valence-corrected chi connectivity index (χ4v) is 3.58. The van der Waals surface area contributed by atoms with Gasteiger partial charge in [0.25, 0.3) is 11.8 Å². The van der Waals surface area contributed by atoms with Crippen LogP contribution in [0, 0.1) is 11.3 Å². The van der Waals surface area contributed by atoms with Crippen molar-refractivity contribution in [2.75, 3.05) is 22.9 Å². The zero-order chi connectivity index (χ0) is 17.4. The number of piperidine rings is 1. The number of nitrogens with zero attached hydrogens (tertiary/aromatic N) is 3. The Kier molecular flexibility index (Phi) is 3.73. The van der Waals surface area contributed by atoms with Gasteiger partial charge in [0.15, 0.2) is 0 Å². The van der Waals surface area contributed by atoms with Gasteiger partial charge in [-0.2, -0.15) is 5.26 Å². The molecule has 4 rings (SSSR count). The molecular formula is C20H17N3O2. The van der Waals surface area contributed by atoms with Gasteiger partial charge >= 0.3 is 0 Å². The van der Waals surface area contributed by atoms with Crippen molar-refractivity contribution >= 4 is 23.2 Å². The highest BCUT2D eigenvalue weighted by atomic mass is 16.2. The van der Waals surface area contributed by atoms with Crippen LogP contribution in [0.2, 0.25) is 0 Å². The summed E-state index contributed by atoms with van der Waals surface area (Å²) in [4.78, 5) is 29.1. The predicted octanol–water partition coefficient (Wildman–Crippen LogP) is 3.35. The monoisotopic (exact) mass is 331 g/mol. The van der Waals surface area contributed by atoms with Gasteiger partial charge in [-0.1, -0.05) is 12.1 Å². The summed E-state index contributed by atoms with van der Waals surface area (Å²) in [7, 11) is 0. The molecule has 2 aliphatic heterocycles. The maximum absolute atomic E-state index is 12.8. The topological polar surface area (TPSA) is 64.4 Å². The molecule has 0 N–H and O–H groups in total. The molecule has 2 aromatic rings. The summed E-state index contributed by atoms with van der Waals surface area (Å²) < 4.78 is 0. The molecule has 5 nitrogen and oxygen atoms in total. The number of rotatable bonds is 2. The van der Waals surface area contributed by atoms with Gasteiger partial charge in [-0.25, -0.2) is 4.90 Å². The number of hydrogen-bond donors (Lipinski definition) is 0. The van der Waals surface area contributed by atoms with Crippen molar-refractivity contribution in [3.05, 3.63) is 59.2 Å². The van der Waals surface area contributed by atoms with Crippen LogP contribution in [0.25, 0.3) is 0 Å². The van der Waals surface area contributed by atoms with Gasteiger partial charge in [-0.3, -0.25) is 9.59 Å². The first-order valence-corrected chi connectivity index (χ1v) is 8.47. The van der Waals surface area contributed by atoms with E-state index in [2.05, 4.69) is 11.0 Å². The van der Waals surface area contributed by atoms with Crippen molar-refractivity contribution in [1.29, 1.82) is 5.26 Å². The highest BCUT2D eigenvalue weighted by Gasteiger charge is 2.38. The van der Waals surface area contributed by atoms with E-state index in [-0.39, 0.29) is 11.8 Å². The molecule has 0 atom stereocenters. The highest BCUT2D eigenvalue weighted by molar-refractivity contribution is 6.35. The van der Waals surface area contributed by atoms with E-state index in [4.69, 9.17) is 0 Å². The van der Waals surface area contributed by atoms with Gasteiger partial charge in [-0.15, -0.1) is 0 Å². The molecule has 2 amide bonds. The van der Waals surface area contributed by atoms with Gasteiger partial charge in [0.2, 0.25) is 0 Å². The quantitative estimate of drug-likeness (QED) is 0.792. The van der Waals surface area contributed by atoms with Gasteiger partial charge in [0.05, 0.1) is 34.1 Å². The largest absolute Gasteiger partial charge is 0.370 e. The first kappa shape index (κ1) is 15.4. The third kappa shape index (κ3) is 2.47. The molecular weight excluding hydrogens is 314 g/mol. The summed E-state index contributed by atoms with van der Waals surface area (Å²) >= 11 is 0. The number of amides is 2. The fraction of sp³-hybridized carbons (Fsp3) is 0.250. The van der Waals surface area contributed by atoms with Gasteiger partial charge in [-0.05, 0) is 49.6 Å². The SMILES string of the molecule is N#Cc1ccc(N2CCCCC2)c(N2C(=O)c3ccccc3C2=O)c1. The minimum Gasteiger partial charge on any atom is -0.370 e. The molecule has 0 radical (unpaired) electrons. The number of imide groups is 1. The molecule has 0 aliphatic carbocycles. The Bertz CT molecular complexity index is 872. The van der Waals surface area contributed by atoms with Crippen molar-refractivity contribution in [2.24, 2.45) is 0 Å². The van der Waals surface area contributed by atoms with Crippen molar-refractivity contribution in [3.63, 3.8) is 0 Å². The Labute approximate surface area is 146 Å². The first-order chi connectivity index (χ1) is 12.2. The Morgan fingerprint density at radius 1 is 0.840 bits per heavy atom. The van der Waals surface area contributed by atoms with Crippen LogP contribution in [0.4, 0.5) is 11.4 Å². The van der Waals surface area contributed by atoms with E-state index in [1.165, 1.54) is 11.3 Å². The zero-order valence-corrected chi connectivity index (χ0v) is 13.7. The normalized spacial score (nSPS) is 16.8. The number of carbonyl (C=O) groups is 2. The lowest BCUT2D eigenvalue weighted by molar-refractivity contribution is 0.0926. The lowest BCUT2D eigenvalue weighted by Crippen LogP contribution is -2.34. The van der Waals surface area contributed by atoms with Crippen LogP contribution >= 0.6 is 0 Å². The Balaban J connectivity index is 1.83. The summed E-state index contributed by atoms with van der Waals surface area (Å²) in [6.45, 7) is 1.78. The molecule has 0 bridgehead atoms. The maximum Gasteiger partial charge on any atom is 0.266 e. The number of nitriles is 1. The average Bonchev–Trinajstić information content (AvgIpc) is 2.93. The molecule has 1 fully saturated rings. The molecule has 2 aromatic carbocycles. The highest BCUT2D eigenvalue weighted by Crippen LogP contribution is 2.37. The second-order valence-corrected chi connectivity index (χ2v) is 6.35. The first-order valence-electron chi connectivity index (χ1n) is 8.47. The van der Waals surface area contributed by atoms with Crippen LogP contribution in [0.3, 0.4) is 0 Å². The smallest absolute Gasteiger partial charge is 0.266 e. The second-order valence-electron chi connectivity index (χ2n) is 6.35. The third-order valence-corrected chi connectivity index (χ3v) is 4.84. The standard InChI is InChI=1S/C20H17N3O2/c21-13-14-8-9-17(22-10-4-1-5-11-22)18(12-14)23-19(24)15-6-2-3-7-16(15)20(23)25/h2-3,6-9,12H,1,4-5,10-11H2. The van der Waals surface area contributed by atoms with Crippen LogP contribution in [-0.2, 0) is 0 Å². The third-order valence-electron chi connectivity index (χ3n) is 4.84. The minimum atomic E-state index is -0.325. The second kappa shape index (κ2) is 6.06. The van der Waals surface area contributed by atoms with E-state index in [0.717, 1.165) is 31.6 Å². The summed E-state index contributed by atoms with van der Waals surface area (Å²) in [6.07, 6.45) is 3.36. The van der Waals surface area contributed by atoms with Crippen LogP contribution < -0.4 is 9.80 Å². The van der Waals surface area contributed by atoms with Crippen LogP contribution in [0.5, 0.6) is 0 Å². The van der Waals surface area contributed by atoms with E-state index >= 15 is 0 Å². The molecule has 2 aliphatic rings. The van der Waals surface area contributed by atoms with Crippen molar-refractivity contribution in [2.45, 2.75) is 19.3 Å². The number of anilines is 2. The summed E-state index contributed by atoms with van der Waals surface area (Å²) in [5.74, 6) is -0.650. The minimum absolute atomic E-state index is 0.325. The Morgan fingerprint density at radius 3 is 2.08 bits per heavy atom. The van der Waals surface area contributed by atoms with E-state index < -0.39 is 0 Å². The Morgan fingerprint density at radius 2 is 1.48 bits per heavy atom. The maximum atomic E-state index is 12.8.